The number of carboxylic acid groups (broad SMARTS) is 1. The third-order valence-corrected chi connectivity index (χ3v) is 2.43. The van der Waals surface area contributed by atoms with Crippen LogP contribution in [-0.4, -0.2) is 47.0 Å². The topological polar surface area (TPSA) is 67.6 Å². The van der Waals surface area contributed by atoms with Crippen LogP contribution >= 0.6 is 0 Å². The predicted molar refractivity (Wildman–Crippen MR) is 58.6 cm³/mol. The normalized spacial score (nSPS) is 12.9. The van der Waals surface area contributed by atoms with Crippen molar-refractivity contribution in [3.05, 3.63) is 11.3 Å². The summed E-state index contributed by atoms with van der Waals surface area (Å²) in [4.78, 5) is 12.9. The molecule has 0 bridgehead atoms. The van der Waals surface area contributed by atoms with Crippen molar-refractivity contribution < 1.29 is 14.6 Å². The molecule has 0 aromatic carbocycles. The highest BCUT2D eigenvalue weighted by atomic mass is 16.5. The molecule has 0 amide bonds. The van der Waals surface area contributed by atoms with Crippen molar-refractivity contribution in [2.75, 3.05) is 21.2 Å². The first-order chi connectivity index (χ1) is 7.40. The minimum atomic E-state index is -0.917. The number of methoxy groups -OCH3 is 1. The summed E-state index contributed by atoms with van der Waals surface area (Å²) in [5.74, 6) is -0.432. The number of hydrogen-bond acceptors (Lipinski definition) is 4. The number of nitrogens with zero attached hydrogens (tertiary/aromatic N) is 3. The van der Waals surface area contributed by atoms with Crippen molar-refractivity contribution in [1.82, 2.24) is 14.7 Å². The van der Waals surface area contributed by atoms with Crippen molar-refractivity contribution >= 4 is 5.97 Å². The molecular weight excluding hydrogens is 210 g/mol. The SMILES string of the molecule is COc1c(C(C(=O)O)N(C)C)c(C)nn1C. The molecule has 0 saturated carbocycles. The van der Waals surface area contributed by atoms with Gasteiger partial charge in [0.15, 0.2) is 0 Å². The van der Waals surface area contributed by atoms with Crippen LogP contribution in [0.3, 0.4) is 0 Å². The van der Waals surface area contributed by atoms with Crippen molar-refractivity contribution in [3.8, 4) is 5.88 Å². The maximum Gasteiger partial charge on any atom is 0.325 e. The summed E-state index contributed by atoms with van der Waals surface area (Å²) >= 11 is 0. The molecule has 16 heavy (non-hydrogen) atoms. The molecule has 1 aromatic heterocycles. The lowest BCUT2D eigenvalue weighted by atomic mass is 10.1. The number of hydrogen-bond donors (Lipinski definition) is 1. The van der Waals surface area contributed by atoms with E-state index in [2.05, 4.69) is 5.10 Å². The Morgan fingerprint density at radius 3 is 2.50 bits per heavy atom. The number of likely N-dealkylation sites (N-methyl/N-ethyl adjacent to an activating group) is 1. The molecule has 90 valence electrons. The van der Waals surface area contributed by atoms with Gasteiger partial charge in [-0.3, -0.25) is 9.69 Å². The van der Waals surface area contributed by atoms with Gasteiger partial charge in [-0.25, -0.2) is 4.68 Å². The van der Waals surface area contributed by atoms with Gasteiger partial charge in [-0.05, 0) is 21.0 Å². The Bertz CT molecular complexity index is 398. The molecule has 6 nitrogen and oxygen atoms in total. The minimum absolute atomic E-state index is 0.485. The largest absolute Gasteiger partial charge is 0.481 e. The van der Waals surface area contributed by atoms with Crippen LogP contribution in [0.15, 0.2) is 0 Å². The van der Waals surface area contributed by atoms with Crippen LogP contribution in [0.4, 0.5) is 0 Å². The highest BCUT2D eigenvalue weighted by molar-refractivity contribution is 5.76. The van der Waals surface area contributed by atoms with E-state index in [0.717, 1.165) is 0 Å². The fourth-order valence-electron chi connectivity index (χ4n) is 1.81. The molecule has 0 radical (unpaired) electrons. The first-order valence-electron chi connectivity index (χ1n) is 4.86. The van der Waals surface area contributed by atoms with Gasteiger partial charge in [0.25, 0.3) is 0 Å². The third-order valence-electron chi connectivity index (χ3n) is 2.43. The van der Waals surface area contributed by atoms with E-state index in [0.29, 0.717) is 17.1 Å². The van der Waals surface area contributed by atoms with E-state index in [1.807, 2.05) is 0 Å². The summed E-state index contributed by atoms with van der Waals surface area (Å²) in [6, 6.07) is -0.747. The quantitative estimate of drug-likeness (QED) is 0.807. The number of aryl methyl sites for hydroxylation is 2. The molecule has 0 spiro atoms. The summed E-state index contributed by atoms with van der Waals surface area (Å²) in [5.41, 5.74) is 1.27. The lowest BCUT2D eigenvalue weighted by Gasteiger charge is -2.20. The van der Waals surface area contributed by atoms with Crippen LogP contribution in [0.5, 0.6) is 5.88 Å². The Labute approximate surface area is 94.4 Å². The Kier molecular flexibility index (Phi) is 3.54. The van der Waals surface area contributed by atoms with Gasteiger partial charge in [0.2, 0.25) is 5.88 Å². The molecule has 1 aromatic rings. The number of aromatic nitrogens is 2. The molecule has 1 atom stereocenters. The molecule has 1 heterocycles. The fraction of sp³-hybridized carbons (Fsp3) is 0.600. The summed E-state index contributed by atoms with van der Waals surface area (Å²) in [5, 5.41) is 13.4. The standard InChI is InChI=1S/C10H17N3O3/c1-6-7(8(10(14)15)12(2)3)9(16-5)13(4)11-6/h8H,1-5H3,(H,14,15). The Balaban J connectivity index is 3.33. The number of rotatable bonds is 4. The molecule has 0 aliphatic carbocycles. The Hall–Kier alpha value is -1.56. The maximum absolute atomic E-state index is 11.2. The molecule has 1 N–H and O–H groups in total. The highest BCUT2D eigenvalue weighted by Crippen LogP contribution is 2.30. The van der Waals surface area contributed by atoms with Gasteiger partial charge in [-0.1, -0.05) is 0 Å². The van der Waals surface area contributed by atoms with Crippen molar-refractivity contribution in [2.45, 2.75) is 13.0 Å². The van der Waals surface area contributed by atoms with Gasteiger partial charge < -0.3 is 9.84 Å². The fourth-order valence-corrected chi connectivity index (χ4v) is 1.81. The lowest BCUT2D eigenvalue weighted by Crippen LogP contribution is -2.28. The highest BCUT2D eigenvalue weighted by Gasteiger charge is 2.30. The van der Waals surface area contributed by atoms with Crippen LogP contribution in [0.1, 0.15) is 17.3 Å². The van der Waals surface area contributed by atoms with E-state index >= 15 is 0 Å². The van der Waals surface area contributed by atoms with Gasteiger partial charge in [0.05, 0.1) is 18.4 Å². The van der Waals surface area contributed by atoms with E-state index in [9.17, 15) is 9.90 Å². The van der Waals surface area contributed by atoms with E-state index < -0.39 is 12.0 Å². The van der Waals surface area contributed by atoms with Gasteiger partial charge in [0, 0.05) is 7.05 Å². The second-order valence-corrected chi connectivity index (χ2v) is 3.84. The van der Waals surface area contributed by atoms with Gasteiger partial charge in [0.1, 0.15) is 6.04 Å². The summed E-state index contributed by atoms with van der Waals surface area (Å²) in [7, 11) is 6.66. The van der Waals surface area contributed by atoms with Crippen LogP contribution < -0.4 is 4.74 Å². The van der Waals surface area contributed by atoms with Crippen LogP contribution in [-0.2, 0) is 11.8 Å². The van der Waals surface area contributed by atoms with Gasteiger partial charge in [-0.2, -0.15) is 5.10 Å². The smallest absolute Gasteiger partial charge is 0.325 e. The van der Waals surface area contributed by atoms with E-state index in [4.69, 9.17) is 4.74 Å². The second kappa shape index (κ2) is 4.52. The Morgan fingerprint density at radius 1 is 1.56 bits per heavy atom. The monoisotopic (exact) mass is 227 g/mol. The number of carboxylic acids is 1. The zero-order valence-corrected chi connectivity index (χ0v) is 10.2. The molecule has 1 unspecified atom stereocenters. The van der Waals surface area contributed by atoms with Crippen molar-refractivity contribution in [2.24, 2.45) is 7.05 Å². The zero-order chi connectivity index (χ0) is 12.5. The first-order valence-corrected chi connectivity index (χ1v) is 4.86. The van der Waals surface area contributed by atoms with Crippen LogP contribution in [0.2, 0.25) is 0 Å². The minimum Gasteiger partial charge on any atom is -0.481 e. The van der Waals surface area contributed by atoms with Gasteiger partial charge >= 0.3 is 5.97 Å². The van der Waals surface area contributed by atoms with Crippen molar-refractivity contribution in [3.63, 3.8) is 0 Å². The summed E-state index contributed by atoms with van der Waals surface area (Å²) < 4.78 is 6.73. The molecule has 1 rings (SSSR count). The third kappa shape index (κ3) is 2.01. The Morgan fingerprint density at radius 2 is 2.12 bits per heavy atom. The summed E-state index contributed by atoms with van der Waals surface area (Å²) in [6.45, 7) is 1.78. The number of carbonyl (C=O) groups is 1. The average molecular weight is 227 g/mol. The predicted octanol–water partition coefficient (Wildman–Crippen LogP) is 0.424. The molecule has 0 aliphatic heterocycles. The number of ether oxygens (including phenoxy) is 1. The first kappa shape index (κ1) is 12.5. The van der Waals surface area contributed by atoms with Crippen LogP contribution in [0, 0.1) is 6.92 Å². The average Bonchev–Trinajstić information content (AvgIpc) is 2.41. The maximum atomic E-state index is 11.2. The second-order valence-electron chi connectivity index (χ2n) is 3.84. The van der Waals surface area contributed by atoms with Gasteiger partial charge in [-0.15, -0.1) is 0 Å². The molecular formula is C10H17N3O3. The molecule has 6 heteroatoms. The summed E-state index contributed by atoms with van der Waals surface area (Å²) in [6.07, 6.45) is 0. The lowest BCUT2D eigenvalue weighted by molar-refractivity contribution is -0.142. The van der Waals surface area contributed by atoms with E-state index in [1.54, 1.807) is 37.6 Å². The van der Waals surface area contributed by atoms with E-state index in [1.165, 1.54) is 7.11 Å². The van der Waals surface area contributed by atoms with Crippen LogP contribution in [0.25, 0.3) is 0 Å². The molecule has 0 fully saturated rings. The van der Waals surface area contributed by atoms with Crippen molar-refractivity contribution in [1.29, 1.82) is 0 Å². The number of aliphatic carboxylic acids is 1. The van der Waals surface area contributed by atoms with E-state index in [-0.39, 0.29) is 0 Å². The molecule has 0 saturated heterocycles. The zero-order valence-electron chi connectivity index (χ0n) is 10.2. The molecule has 0 aliphatic rings.